The summed E-state index contributed by atoms with van der Waals surface area (Å²) >= 11 is 8.79. The lowest BCUT2D eigenvalue weighted by Gasteiger charge is -2.21. The molecule has 0 atom stereocenters. The Morgan fingerprint density at radius 1 is 1.18 bits per heavy atom. The molecule has 0 radical (unpaired) electrons. The Bertz CT molecular complexity index is 1430. The molecule has 34 heavy (non-hydrogen) atoms. The third-order valence-corrected chi connectivity index (χ3v) is 8.16. The van der Waals surface area contributed by atoms with Crippen molar-refractivity contribution in [2.45, 2.75) is 18.1 Å². The summed E-state index contributed by atoms with van der Waals surface area (Å²) < 4.78 is 6.90. The molecule has 9 heteroatoms. The summed E-state index contributed by atoms with van der Waals surface area (Å²) in [6.07, 6.45) is 0.826. The number of methoxy groups -OCH3 is 1. The third-order valence-electron chi connectivity index (χ3n) is 5.86. The topological polar surface area (TPSA) is 64.4 Å². The molecule has 0 N–H and O–H groups in total. The fourth-order valence-corrected chi connectivity index (χ4v) is 6.43. The van der Waals surface area contributed by atoms with Crippen LogP contribution in [0.1, 0.15) is 20.8 Å². The number of ether oxygens (including phenoxy) is 1. The van der Waals surface area contributed by atoms with Crippen LogP contribution in [0.3, 0.4) is 0 Å². The van der Waals surface area contributed by atoms with Gasteiger partial charge in [-0.3, -0.25) is 14.2 Å². The van der Waals surface area contributed by atoms with Crippen molar-refractivity contribution >= 4 is 50.7 Å². The second-order valence-corrected chi connectivity index (χ2v) is 10.6. The standard InChI is InChI=1S/C25H22ClN3O3S2/c1-28-12-11-19-21(13-28)34-23-22(19)24(31)29(17-7-9-18(32-2)10-8-17)25(27-23)33-14-20(30)15-3-5-16(26)6-4-15/h3-10H,11-14H2,1-2H3. The number of aromatic nitrogens is 2. The second-order valence-electron chi connectivity index (χ2n) is 8.12. The number of hydrogen-bond acceptors (Lipinski definition) is 7. The fraction of sp³-hybridized carbons (Fsp3) is 0.240. The molecule has 0 fully saturated rings. The van der Waals surface area contributed by atoms with Crippen molar-refractivity contribution in [1.82, 2.24) is 14.5 Å². The number of ketones is 1. The highest BCUT2D eigenvalue weighted by Gasteiger charge is 2.25. The number of hydrogen-bond donors (Lipinski definition) is 0. The zero-order chi connectivity index (χ0) is 23.8. The van der Waals surface area contributed by atoms with Crippen molar-refractivity contribution in [3.63, 3.8) is 0 Å². The summed E-state index contributed by atoms with van der Waals surface area (Å²) in [4.78, 5) is 35.7. The van der Waals surface area contributed by atoms with Crippen LogP contribution in [0.2, 0.25) is 5.02 Å². The summed E-state index contributed by atoms with van der Waals surface area (Å²) in [6.45, 7) is 1.72. The van der Waals surface area contributed by atoms with Gasteiger partial charge in [-0.15, -0.1) is 11.3 Å². The van der Waals surface area contributed by atoms with Gasteiger partial charge in [-0.1, -0.05) is 23.4 Å². The molecule has 0 bridgehead atoms. The third kappa shape index (κ3) is 4.38. The monoisotopic (exact) mass is 511 g/mol. The van der Waals surface area contributed by atoms with Gasteiger partial charge in [0.15, 0.2) is 10.9 Å². The number of likely N-dealkylation sites (N-methyl/N-ethyl adjacent to an activating group) is 1. The van der Waals surface area contributed by atoms with Crippen molar-refractivity contribution in [2.24, 2.45) is 0 Å². The van der Waals surface area contributed by atoms with Gasteiger partial charge in [0.25, 0.3) is 5.56 Å². The molecule has 6 nitrogen and oxygen atoms in total. The Morgan fingerprint density at radius 3 is 2.62 bits per heavy atom. The van der Waals surface area contributed by atoms with Gasteiger partial charge >= 0.3 is 0 Å². The molecule has 1 aliphatic heterocycles. The van der Waals surface area contributed by atoms with Crippen LogP contribution in [-0.2, 0) is 13.0 Å². The molecule has 5 rings (SSSR count). The molecule has 0 aliphatic carbocycles. The van der Waals surface area contributed by atoms with Gasteiger partial charge in [0.1, 0.15) is 10.6 Å². The summed E-state index contributed by atoms with van der Waals surface area (Å²) in [6, 6.07) is 14.1. The van der Waals surface area contributed by atoms with E-state index in [-0.39, 0.29) is 17.1 Å². The SMILES string of the molecule is COc1ccc(-n2c(SCC(=O)c3ccc(Cl)cc3)nc3sc4c(c3c2=O)CCN(C)C4)cc1. The number of fused-ring (bicyclic) bond motifs is 3. The number of Topliss-reactive ketones (excluding diaryl/α,β-unsaturated/α-hetero) is 1. The maximum absolute atomic E-state index is 13.8. The highest BCUT2D eigenvalue weighted by molar-refractivity contribution is 7.99. The highest BCUT2D eigenvalue weighted by Crippen LogP contribution is 2.34. The molecule has 0 saturated carbocycles. The van der Waals surface area contributed by atoms with E-state index < -0.39 is 0 Å². The van der Waals surface area contributed by atoms with Crippen molar-refractivity contribution in [1.29, 1.82) is 0 Å². The highest BCUT2D eigenvalue weighted by atomic mass is 35.5. The van der Waals surface area contributed by atoms with Gasteiger partial charge in [-0.05, 0) is 67.6 Å². The van der Waals surface area contributed by atoms with E-state index in [9.17, 15) is 9.59 Å². The number of nitrogens with zero attached hydrogens (tertiary/aromatic N) is 3. The summed E-state index contributed by atoms with van der Waals surface area (Å²) in [5, 5.41) is 1.77. The lowest BCUT2D eigenvalue weighted by molar-refractivity contribution is 0.102. The summed E-state index contributed by atoms with van der Waals surface area (Å²) in [7, 11) is 3.69. The number of carbonyl (C=O) groups is 1. The smallest absolute Gasteiger partial charge is 0.267 e. The largest absolute Gasteiger partial charge is 0.497 e. The Kier molecular flexibility index (Phi) is 6.48. The minimum Gasteiger partial charge on any atom is -0.497 e. The van der Waals surface area contributed by atoms with Crippen LogP contribution in [0.15, 0.2) is 58.5 Å². The van der Waals surface area contributed by atoms with Crippen LogP contribution >= 0.6 is 34.7 Å². The van der Waals surface area contributed by atoms with Crippen molar-refractivity contribution < 1.29 is 9.53 Å². The minimum atomic E-state index is -0.0985. The minimum absolute atomic E-state index is 0.0515. The van der Waals surface area contributed by atoms with Gasteiger partial charge in [0.05, 0.1) is 23.9 Å². The average molecular weight is 512 g/mol. The van der Waals surface area contributed by atoms with E-state index in [4.69, 9.17) is 21.3 Å². The predicted molar refractivity (Wildman–Crippen MR) is 138 cm³/mol. The van der Waals surface area contributed by atoms with E-state index in [1.807, 2.05) is 24.3 Å². The number of thioether (sulfide) groups is 1. The van der Waals surface area contributed by atoms with Gasteiger partial charge in [-0.25, -0.2) is 4.98 Å². The van der Waals surface area contributed by atoms with Gasteiger partial charge in [0.2, 0.25) is 0 Å². The maximum Gasteiger partial charge on any atom is 0.267 e. The van der Waals surface area contributed by atoms with Crippen LogP contribution in [0.4, 0.5) is 0 Å². The number of rotatable bonds is 6. The first kappa shape index (κ1) is 23.1. The number of carbonyl (C=O) groups excluding carboxylic acids is 1. The lowest BCUT2D eigenvalue weighted by Crippen LogP contribution is -2.27. The zero-order valence-electron chi connectivity index (χ0n) is 18.7. The fourth-order valence-electron chi connectivity index (χ4n) is 4.06. The Balaban J connectivity index is 1.59. The first-order chi connectivity index (χ1) is 16.4. The van der Waals surface area contributed by atoms with Gasteiger partial charge < -0.3 is 9.64 Å². The van der Waals surface area contributed by atoms with Crippen LogP contribution in [0.25, 0.3) is 15.9 Å². The number of halogens is 1. The molecule has 0 amide bonds. The van der Waals surface area contributed by atoms with Gasteiger partial charge in [-0.2, -0.15) is 0 Å². The number of benzene rings is 2. The molecule has 3 heterocycles. The van der Waals surface area contributed by atoms with Gasteiger partial charge in [0, 0.05) is 28.6 Å². The normalized spacial score (nSPS) is 13.7. The molecule has 1 aliphatic rings. The average Bonchev–Trinajstić information content (AvgIpc) is 3.20. The van der Waals surface area contributed by atoms with Crippen LogP contribution in [0.5, 0.6) is 5.75 Å². The van der Waals surface area contributed by atoms with Crippen LogP contribution in [-0.4, -0.2) is 46.7 Å². The molecule has 0 spiro atoms. The van der Waals surface area contributed by atoms with E-state index in [0.717, 1.165) is 29.9 Å². The molecule has 4 aromatic rings. The van der Waals surface area contributed by atoms with Crippen LogP contribution in [0, 0.1) is 0 Å². The summed E-state index contributed by atoms with van der Waals surface area (Å²) in [5.74, 6) is 0.808. The predicted octanol–water partition coefficient (Wildman–Crippen LogP) is 5.07. The van der Waals surface area contributed by atoms with Crippen LogP contribution < -0.4 is 10.3 Å². The Hall–Kier alpha value is -2.65. The number of thiophene rings is 1. The molecule has 0 saturated heterocycles. The molecule has 174 valence electrons. The molecular formula is C25H22ClN3O3S2. The van der Waals surface area contributed by atoms with E-state index in [2.05, 4.69) is 11.9 Å². The maximum atomic E-state index is 13.8. The Labute approximate surface area is 210 Å². The first-order valence-corrected chi connectivity index (χ1v) is 12.9. The molecular weight excluding hydrogens is 490 g/mol. The lowest BCUT2D eigenvalue weighted by atomic mass is 10.1. The van der Waals surface area contributed by atoms with Crippen molar-refractivity contribution in [3.8, 4) is 11.4 Å². The summed E-state index contributed by atoms with van der Waals surface area (Å²) in [5.41, 5.74) is 2.27. The van der Waals surface area contributed by atoms with Crippen molar-refractivity contribution in [2.75, 3.05) is 26.5 Å². The first-order valence-electron chi connectivity index (χ1n) is 10.8. The molecule has 0 unspecified atom stereocenters. The van der Waals surface area contributed by atoms with E-state index in [0.29, 0.717) is 32.6 Å². The van der Waals surface area contributed by atoms with E-state index in [1.54, 1.807) is 47.3 Å². The van der Waals surface area contributed by atoms with E-state index >= 15 is 0 Å². The van der Waals surface area contributed by atoms with Crippen molar-refractivity contribution in [3.05, 3.63) is 79.9 Å². The zero-order valence-corrected chi connectivity index (χ0v) is 21.1. The Morgan fingerprint density at radius 2 is 1.91 bits per heavy atom. The molecule has 2 aromatic carbocycles. The quantitative estimate of drug-likeness (QED) is 0.204. The second kappa shape index (κ2) is 9.54. The molecule has 2 aromatic heterocycles. The van der Waals surface area contributed by atoms with E-state index in [1.165, 1.54) is 16.6 Å².